The average molecular weight is 169 g/mol. The molecule has 0 radical (unpaired) electrons. The number of rotatable bonds is 5. The molecule has 0 aromatic heterocycles. The molecular formula is C9H15NO2. The molecule has 0 aromatic rings. The summed E-state index contributed by atoms with van der Waals surface area (Å²) in [6.45, 7) is 8.69. The lowest BCUT2D eigenvalue weighted by molar-refractivity contribution is 0.0662. The summed E-state index contributed by atoms with van der Waals surface area (Å²) in [4.78, 5) is 0. The van der Waals surface area contributed by atoms with Crippen LogP contribution in [0.5, 0.6) is 0 Å². The second kappa shape index (κ2) is 5.71. The molecule has 2 atom stereocenters. The van der Waals surface area contributed by atoms with Gasteiger partial charge in [0.1, 0.15) is 0 Å². The summed E-state index contributed by atoms with van der Waals surface area (Å²) in [7, 11) is 0. The summed E-state index contributed by atoms with van der Waals surface area (Å²) >= 11 is 0. The summed E-state index contributed by atoms with van der Waals surface area (Å²) in [5.41, 5.74) is 2.59. The van der Waals surface area contributed by atoms with Crippen molar-refractivity contribution < 1.29 is 10.3 Å². The minimum absolute atomic E-state index is 0.422. The molecule has 0 unspecified atom stereocenters. The zero-order valence-electron chi connectivity index (χ0n) is 7.20. The van der Waals surface area contributed by atoms with E-state index in [0.29, 0.717) is 5.57 Å². The van der Waals surface area contributed by atoms with E-state index in [4.69, 9.17) is 5.21 Å². The van der Waals surface area contributed by atoms with Crippen molar-refractivity contribution in [3.63, 3.8) is 0 Å². The Morgan fingerprint density at radius 1 is 1.50 bits per heavy atom. The molecule has 0 aliphatic heterocycles. The molecule has 68 valence electrons. The van der Waals surface area contributed by atoms with Crippen LogP contribution in [0.3, 0.4) is 0 Å². The van der Waals surface area contributed by atoms with Gasteiger partial charge in [0.2, 0.25) is 0 Å². The topological polar surface area (TPSA) is 52.5 Å². The van der Waals surface area contributed by atoms with Gasteiger partial charge in [-0.1, -0.05) is 31.4 Å². The number of nitrogens with one attached hydrogen (secondary N) is 1. The Morgan fingerprint density at radius 2 is 2.08 bits per heavy atom. The lowest BCUT2D eigenvalue weighted by Gasteiger charge is -2.17. The van der Waals surface area contributed by atoms with Crippen molar-refractivity contribution in [3.05, 3.63) is 37.0 Å². The molecule has 0 saturated heterocycles. The second-order valence-electron chi connectivity index (χ2n) is 2.47. The largest absolute Gasteiger partial charge is 0.387 e. The van der Waals surface area contributed by atoms with Crippen molar-refractivity contribution in [1.82, 2.24) is 5.48 Å². The maximum Gasteiger partial charge on any atom is 0.0962 e. The first kappa shape index (κ1) is 11.1. The zero-order chi connectivity index (χ0) is 9.56. The van der Waals surface area contributed by atoms with E-state index >= 15 is 0 Å². The van der Waals surface area contributed by atoms with E-state index in [1.807, 2.05) is 5.48 Å². The van der Waals surface area contributed by atoms with Crippen molar-refractivity contribution in [2.24, 2.45) is 0 Å². The number of hydroxylamine groups is 1. The van der Waals surface area contributed by atoms with Gasteiger partial charge in [0.25, 0.3) is 0 Å². The molecule has 3 heteroatoms. The van der Waals surface area contributed by atoms with Gasteiger partial charge < -0.3 is 10.3 Å². The van der Waals surface area contributed by atoms with Crippen LogP contribution in [0, 0.1) is 0 Å². The number of aliphatic hydroxyl groups is 1. The molecule has 0 amide bonds. The zero-order valence-corrected chi connectivity index (χ0v) is 7.20. The van der Waals surface area contributed by atoms with Crippen LogP contribution in [-0.2, 0) is 0 Å². The molecule has 0 rings (SSSR count). The molecule has 0 aliphatic rings. The van der Waals surface area contributed by atoms with E-state index < -0.39 is 12.1 Å². The highest BCUT2D eigenvalue weighted by Gasteiger charge is 2.14. The highest BCUT2D eigenvalue weighted by molar-refractivity contribution is 5.26. The maximum absolute atomic E-state index is 9.50. The van der Waals surface area contributed by atoms with Crippen LogP contribution in [0.15, 0.2) is 37.0 Å². The fourth-order valence-corrected chi connectivity index (χ4v) is 0.783. The third-order valence-corrected chi connectivity index (χ3v) is 1.56. The van der Waals surface area contributed by atoms with Gasteiger partial charge in [-0.3, -0.25) is 0 Å². The van der Waals surface area contributed by atoms with Gasteiger partial charge in [-0.2, -0.15) is 5.48 Å². The van der Waals surface area contributed by atoms with E-state index in [1.54, 1.807) is 19.1 Å². The van der Waals surface area contributed by atoms with Crippen molar-refractivity contribution in [2.75, 3.05) is 0 Å². The Balaban J connectivity index is 4.40. The molecule has 0 spiro atoms. The van der Waals surface area contributed by atoms with E-state index in [9.17, 15) is 5.11 Å². The highest BCUT2D eigenvalue weighted by atomic mass is 16.5. The van der Waals surface area contributed by atoms with Crippen molar-refractivity contribution in [2.45, 2.75) is 19.1 Å². The summed E-state index contributed by atoms with van der Waals surface area (Å²) in [5, 5.41) is 18.0. The Labute approximate surface area is 72.7 Å². The van der Waals surface area contributed by atoms with Crippen LogP contribution in [0.25, 0.3) is 0 Å². The third kappa shape index (κ3) is 3.00. The predicted molar refractivity (Wildman–Crippen MR) is 48.9 cm³/mol. The van der Waals surface area contributed by atoms with Gasteiger partial charge in [0.15, 0.2) is 0 Å². The van der Waals surface area contributed by atoms with Crippen molar-refractivity contribution in [1.29, 1.82) is 0 Å². The van der Waals surface area contributed by atoms with Crippen LogP contribution in [0.4, 0.5) is 0 Å². The first-order chi connectivity index (χ1) is 5.67. The third-order valence-electron chi connectivity index (χ3n) is 1.56. The number of allylic oxidation sites excluding steroid dienone is 2. The van der Waals surface area contributed by atoms with Crippen LogP contribution in [-0.4, -0.2) is 22.5 Å². The van der Waals surface area contributed by atoms with Crippen molar-refractivity contribution in [3.8, 4) is 0 Å². The van der Waals surface area contributed by atoms with Gasteiger partial charge >= 0.3 is 0 Å². The summed E-state index contributed by atoms with van der Waals surface area (Å²) < 4.78 is 0. The molecule has 0 bridgehead atoms. The lowest BCUT2D eigenvalue weighted by atomic mass is 10.0. The van der Waals surface area contributed by atoms with Gasteiger partial charge in [-0.05, 0) is 12.5 Å². The number of aliphatic hydroxyl groups excluding tert-OH is 1. The summed E-state index contributed by atoms with van der Waals surface area (Å²) in [5.74, 6) is 0. The van der Waals surface area contributed by atoms with Crippen LogP contribution < -0.4 is 5.48 Å². The van der Waals surface area contributed by atoms with E-state index in [2.05, 4.69) is 13.2 Å². The molecule has 0 heterocycles. The average Bonchev–Trinajstić information content (AvgIpc) is 2.11. The van der Waals surface area contributed by atoms with Crippen LogP contribution in [0.1, 0.15) is 6.92 Å². The summed E-state index contributed by atoms with van der Waals surface area (Å²) in [6, 6.07) is -0.422. The normalized spacial score (nSPS) is 16.8. The van der Waals surface area contributed by atoms with E-state index in [-0.39, 0.29) is 0 Å². The first-order valence-electron chi connectivity index (χ1n) is 3.70. The minimum atomic E-state index is -0.773. The maximum atomic E-state index is 9.50. The Morgan fingerprint density at radius 3 is 2.42 bits per heavy atom. The van der Waals surface area contributed by atoms with Gasteiger partial charge in [-0.25, -0.2) is 0 Å². The van der Waals surface area contributed by atoms with Crippen LogP contribution >= 0.6 is 0 Å². The Bertz CT molecular complexity index is 187. The van der Waals surface area contributed by atoms with Gasteiger partial charge in [-0.15, -0.1) is 0 Å². The van der Waals surface area contributed by atoms with E-state index in [0.717, 1.165) is 0 Å². The van der Waals surface area contributed by atoms with Crippen LogP contribution in [0.2, 0.25) is 0 Å². The lowest BCUT2D eigenvalue weighted by Crippen LogP contribution is -2.35. The molecule has 0 fully saturated rings. The fraction of sp³-hybridized carbons (Fsp3) is 0.333. The molecule has 0 aliphatic carbocycles. The molecule has 0 saturated carbocycles. The Kier molecular flexibility index (Phi) is 5.28. The molecule has 12 heavy (non-hydrogen) atoms. The van der Waals surface area contributed by atoms with Gasteiger partial charge in [0, 0.05) is 0 Å². The molecular weight excluding hydrogens is 154 g/mol. The first-order valence-corrected chi connectivity index (χ1v) is 3.70. The quantitative estimate of drug-likeness (QED) is 0.425. The second-order valence-corrected chi connectivity index (χ2v) is 2.47. The Hall–Kier alpha value is -0.900. The fourth-order valence-electron chi connectivity index (χ4n) is 0.783. The monoisotopic (exact) mass is 169 g/mol. The van der Waals surface area contributed by atoms with E-state index in [1.165, 1.54) is 6.08 Å². The van der Waals surface area contributed by atoms with Crippen molar-refractivity contribution >= 4 is 0 Å². The predicted octanol–water partition coefficient (Wildman–Crippen LogP) is 1.01. The SMILES string of the molecule is C=C/C=C(\C=C)[C@H](O)[C@@H](C)NO. The number of hydrogen-bond donors (Lipinski definition) is 3. The molecule has 3 nitrogen and oxygen atoms in total. The van der Waals surface area contributed by atoms with Gasteiger partial charge in [0.05, 0.1) is 12.1 Å². The standard InChI is InChI=1S/C9H15NO2/c1-4-6-8(5-2)9(11)7(3)10-12/h4-7,9-12H,1-2H2,3H3/b8-6+/t7-,9-/m1/s1. The molecule has 0 aromatic carbocycles. The summed E-state index contributed by atoms with van der Waals surface area (Å²) in [6.07, 6.45) is 3.96. The number of hydrogen-bond acceptors (Lipinski definition) is 3. The molecule has 3 N–H and O–H groups in total. The smallest absolute Gasteiger partial charge is 0.0962 e. The highest BCUT2D eigenvalue weighted by Crippen LogP contribution is 2.07. The minimum Gasteiger partial charge on any atom is -0.387 e.